The van der Waals surface area contributed by atoms with Crippen LogP contribution in [0.4, 0.5) is 4.20 Å². The summed E-state index contributed by atoms with van der Waals surface area (Å²) >= 11 is 0. The minimum Gasteiger partial charge on any atom is -0.346 e. The Kier molecular flexibility index (Phi) is 1.75. The fraction of sp³-hybridized carbons (Fsp3) is 1.00. The molecule has 1 atom stereocenters. The molecule has 0 spiro atoms. The third-order valence-electron chi connectivity index (χ3n) is 0. The summed E-state index contributed by atoms with van der Waals surface area (Å²) in [4.78, 5) is 7.45. The van der Waals surface area contributed by atoms with Crippen LogP contribution in [0, 0.1) is 0 Å². The molecule has 0 bridgehead atoms. The van der Waals surface area contributed by atoms with E-state index in [1.165, 1.54) is 0 Å². The standard InChI is InChI=1S/CH4FOP/c1-4(2)3/h3H,1H3/t4-/m0/s1. The molecule has 0 aromatic rings. The van der Waals surface area contributed by atoms with Crippen molar-refractivity contribution in [2.75, 3.05) is 6.66 Å². The SMILES string of the molecule is C[P@](O)F. The fourth-order valence-electron chi connectivity index (χ4n) is 0. The van der Waals surface area contributed by atoms with Crippen LogP contribution < -0.4 is 0 Å². The van der Waals surface area contributed by atoms with Gasteiger partial charge in [-0.1, -0.05) is 0 Å². The molecular weight excluding hydrogens is 78.0 g/mol. The van der Waals surface area contributed by atoms with Crippen molar-refractivity contribution in [3.05, 3.63) is 0 Å². The Labute approximate surface area is 25.4 Å². The largest absolute Gasteiger partial charge is 0.346 e. The highest BCUT2D eigenvalue weighted by molar-refractivity contribution is 7.44. The topological polar surface area (TPSA) is 20.2 Å². The normalized spacial score (nSPS) is 15.8. The molecule has 0 fully saturated rings. The predicted molar refractivity (Wildman–Crippen MR) is 16.2 cm³/mol. The molecule has 0 heterocycles. The van der Waals surface area contributed by atoms with Gasteiger partial charge in [-0.2, -0.15) is 4.20 Å². The lowest BCUT2D eigenvalue weighted by Gasteiger charge is -1.73. The van der Waals surface area contributed by atoms with E-state index in [9.17, 15) is 4.20 Å². The summed E-state index contributed by atoms with van der Waals surface area (Å²) in [5, 5.41) is 0. The molecule has 0 radical (unpaired) electrons. The number of hydrogen-bond donors (Lipinski definition) is 1. The Morgan fingerprint density at radius 2 is 2.00 bits per heavy atom. The highest BCUT2D eigenvalue weighted by Gasteiger charge is 1.77. The van der Waals surface area contributed by atoms with E-state index < -0.39 is 8.46 Å². The monoisotopic (exact) mass is 82.0 g/mol. The second kappa shape index (κ2) is 1.62. The average Bonchev–Trinajstić information content (AvgIpc) is 0.811. The number of halogens is 1. The maximum Gasteiger partial charge on any atom is 0.214 e. The second-order valence-electron chi connectivity index (χ2n) is 0.445. The predicted octanol–water partition coefficient (Wildman–Crippen LogP) is 0.890. The Hall–Kier alpha value is 0.320. The van der Waals surface area contributed by atoms with Crippen molar-refractivity contribution >= 4 is 8.46 Å². The molecule has 0 saturated heterocycles. The van der Waals surface area contributed by atoms with Crippen LogP contribution >= 0.6 is 8.46 Å². The van der Waals surface area contributed by atoms with E-state index >= 15 is 0 Å². The molecule has 4 heavy (non-hydrogen) atoms. The van der Waals surface area contributed by atoms with E-state index in [0.717, 1.165) is 6.66 Å². The molecule has 0 aromatic carbocycles. The van der Waals surface area contributed by atoms with Gasteiger partial charge in [0.15, 0.2) is 0 Å². The Balaban J connectivity index is 2.32. The maximum absolute atomic E-state index is 10.6. The van der Waals surface area contributed by atoms with Crippen molar-refractivity contribution in [3.63, 3.8) is 0 Å². The molecule has 0 rings (SSSR count). The van der Waals surface area contributed by atoms with Crippen LogP contribution in [0.25, 0.3) is 0 Å². The zero-order chi connectivity index (χ0) is 3.58. The first-order valence-electron chi connectivity index (χ1n) is 0.816. The molecule has 1 nitrogen and oxygen atoms in total. The van der Waals surface area contributed by atoms with Crippen LogP contribution in [-0.2, 0) is 0 Å². The number of rotatable bonds is 0. The molecule has 0 aliphatic carbocycles. The van der Waals surface area contributed by atoms with Gasteiger partial charge in [0, 0.05) is 6.66 Å². The minimum absolute atomic E-state index is 1.12. The summed E-state index contributed by atoms with van der Waals surface area (Å²) in [5.74, 6) is 0. The van der Waals surface area contributed by atoms with Gasteiger partial charge in [0.25, 0.3) is 0 Å². The Morgan fingerprint density at radius 1 is 2.00 bits per heavy atom. The summed E-state index contributed by atoms with van der Waals surface area (Å²) in [5.41, 5.74) is 0. The lowest BCUT2D eigenvalue weighted by Crippen LogP contribution is -1.41. The second-order valence-corrected chi connectivity index (χ2v) is 1.33. The summed E-state index contributed by atoms with van der Waals surface area (Å²) in [6.07, 6.45) is 0. The van der Waals surface area contributed by atoms with Gasteiger partial charge in [-0.15, -0.1) is 0 Å². The molecule has 0 aliphatic rings. The Morgan fingerprint density at radius 3 is 2.00 bits per heavy atom. The molecule has 0 amide bonds. The molecule has 0 unspecified atom stereocenters. The van der Waals surface area contributed by atoms with E-state index in [-0.39, 0.29) is 0 Å². The highest BCUT2D eigenvalue weighted by atomic mass is 31.2. The zero-order valence-electron chi connectivity index (χ0n) is 2.27. The summed E-state index contributed by atoms with van der Waals surface area (Å²) in [7, 11) is -2.12. The van der Waals surface area contributed by atoms with Crippen molar-refractivity contribution in [2.24, 2.45) is 0 Å². The van der Waals surface area contributed by atoms with Crippen molar-refractivity contribution in [2.45, 2.75) is 0 Å². The van der Waals surface area contributed by atoms with E-state index in [4.69, 9.17) is 4.89 Å². The van der Waals surface area contributed by atoms with Crippen molar-refractivity contribution in [3.8, 4) is 0 Å². The zero-order valence-corrected chi connectivity index (χ0v) is 3.17. The van der Waals surface area contributed by atoms with Crippen molar-refractivity contribution in [1.29, 1.82) is 0 Å². The summed E-state index contributed by atoms with van der Waals surface area (Å²) in [6, 6.07) is 0. The van der Waals surface area contributed by atoms with Gasteiger partial charge in [0.05, 0.1) is 0 Å². The summed E-state index contributed by atoms with van der Waals surface area (Å²) in [6.45, 7) is 1.12. The van der Waals surface area contributed by atoms with Crippen LogP contribution in [0.2, 0.25) is 0 Å². The minimum atomic E-state index is -2.12. The van der Waals surface area contributed by atoms with E-state index in [1.807, 2.05) is 0 Å². The van der Waals surface area contributed by atoms with Crippen LogP contribution in [0.5, 0.6) is 0 Å². The lowest BCUT2D eigenvalue weighted by atomic mass is 12.0. The Bertz CT molecular complexity index is 12.8. The van der Waals surface area contributed by atoms with Gasteiger partial charge in [-0.05, 0) is 0 Å². The van der Waals surface area contributed by atoms with Gasteiger partial charge < -0.3 is 4.89 Å². The fourth-order valence-corrected chi connectivity index (χ4v) is 0. The first-order chi connectivity index (χ1) is 1.73. The highest BCUT2D eigenvalue weighted by Crippen LogP contribution is 2.23. The molecule has 3 heteroatoms. The van der Waals surface area contributed by atoms with Gasteiger partial charge in [0.1, 0.15) is 0 Å². The smallest absolute Gasteiger partial charge is 0.214 e. The van der Waals surface area contributed by atoms with Crippen LogP contribution in [0.15, 0.2) is 0 Å². The number of hydrogen-bond acceptors (Lipinski definition) is 1. The molecule has 0 aromatic heterocycles. The van der Waals surface area contributed by atoms with E-state index in [2.05, 4.69) is 0 Å². The third kappa shape index (κ3) is 39.5. The molecular formula is CH4FOP. The van der Waals surface area contributed by atoms with Gasteiger partial charge in [-0.3, -0.25) is 0 Å². The van der Waals surface area contributed by atoms with Gasteiger partial charge in [-0.25, -0.2) is 0 Å². The van der Waals surface area contributed by atoms with Crippen molar-refractivity contribution < 1.29 is 9.09 Å². The first kappa shape index (κ1) is 4.32. The molecule has 0 saturated carbocycles. The average molecular weight is 82.0 g/mol. The summed E-state index contributed by atoms with van der Waals surface area (Å²) < 4.78 is 10.6. The van der Waals surface area contributed by atoms with Crippen LogP contribution in [0.3, 0.4) is 0 Å². The molecule has 26 valence electrons. The third-order valence-corrected chi connectivity index (χ3v) is 0. The maximum atomic E-state index is 10.6. The van der Waals surface area contributed by atoms with Gasteiger partial charge >= 0.3 is 0 Å². The van der Waals surface area contributed by atoms with Gasteiger partial charge in [0.2, 0.25) is 8.46 Å². The molecule has 1 N–H and O–H groups in total. The van der Waals surface area contributed by atoms with Crippen molar-refractivity contribution in [1.82, 2.24) is 0 Å². The van der Waals surface area contributed by atoms with Crippen LogP contribution in [0.1, 0.15) is 0 Å². The molecule has 0 aliphatic heterocycles. The first-order valence-corrected chi connectivity index (χ1v) is 2.45. The lowest BCUT2D eigenvalue weighted by molar-refractivity contribution is 0.576. The van der Waals surface area contributed by atoms with Crippen LogP contribution in [-0.4, -0.2) is 11.6 Å². The van der Waals surface area contributed by atoms with E-state index in [1.54, 1.807) is 0 Å². The quantitative estimate of drug-likeness (QED) is 0.430. The van der Waals surface area contributed by atoms with E-state index in [0.29, 0.717) is 0 Å².